The lowest BCUT2D eigenvalue weighted by molar-refractivity contribution is -0.134. The van der Waals surface area contributed by atoms with Crippen molar-refractivity contribution in [2.75, 3.05) is 13.7 Å². The third-order valence-electron chi connectivity index (χ3n) is 2.61. The van der Waals surface area contributed by atoms with Crippen LogP contribution < -0.4 is 10.5 Å². The molecular weight excluding hydrogens is 242 g/mol. The number of nitrogens with two attached hydrogens (primary N) is 1. The Morgan fingerprint density at radius 2 is 1.89 bits per heavy atom. The van der Waals surface area contributed by atoms with Gasteiger partial charge >= 0.3 is 0 Å². The molecule has 0 spiro atoms. The molecule has 0 unspecified atom stereocenters. The third kappa shape index (κ3) is 4.26. The number of methoxy groups -OCH3 is 1. The molecule has 102 valence electrons. The molecule has 0 amide bonds. The first-order valence-corrected chi connectivity index (χ1v) is 6.04. The van der Waals surface area contributed by atoms with E-state index in [4.69, 9.17) is 20.4 Å². The Morgan fingerprint density at radius 1 is 1.26 bits per heavy atom. The molecule has 3 N–H and O–H groups in total. The van der Waals surface area contributed by atoms with Crippen molar-refractivity contribution in [1.29, 1.82) is 0 Å². The van der Waals surface area contributed by atoms with E-state index in [1.54, 1.807) is 7.11 Å². The van der Waals surface area contributed by atoms with Gasteiger partial charge in [0.05, 0.1) is 7.11 Å². The molecule has 0 saturated carbocycles. The number of hydrogen-bond acceptors (Lipinski definition) is 3. The van der Waals surface area contributed by atoms with Crippen molar-refractivity contribution in [3.63, 3.8) is 0 Å². The van der Waals surface area contributed by atoms with Gasteiger partial charge in [-0.15, -0.1) is 0 Å². The molecule has 0 saturated heterocycles. The van der Waals surface area contributed by atoms with E-state index in [-0.39, 0.29) is 0 Å². The van der Waals surface area contributed by atoms with Gasteiger partial charge in [0, 0.05) is 12.5 Å². The van der Waals surface area contributed by atoms with Crippen LogP contribution in [0.2, 0.25) is 0 Å². The molecule has 0 fully saturated rings. The van der Waals surface area contributed by atoms with Crippen LogP contribution in [0.25, 0.3) is 10.8 Å². The Balaban J connectivity index is 0.000000399. The van der Waals surface area contributed by atoms with E-state index < -0.39 is 5.97 Å². The predicted molar refractivity (Wildman–Crippen MR) is 76.6 cm³/mol. The fourth-order valence-corrected chi connectivity index (χ4v) is 1.91. The van der Waals surface area contributed by atoms with Gasteiger partial charge in [-0.3, -0.25) is 4.79 Å². The van der Waals surface area contributed by atoms with Crippen LogP contribution in [0.4, 0.5) is 0 Å². The minimum Gasteiger partial charge on any atom is -0.496 e. The number of carboxylic acids is 1. The number of aliphatic carboxylic acids is 1. The van der Waals surface area contributed by atoms with Crippen molar-refractivity contribution in [3.8, 4) is 5.75 Å². The highest BCUT2D eigenvalue weighted by Crippen LogP contribution is 2.27. The van der Waals surface area contributed by atoms with E-state index in [0.717, 1.165) is 19.1 Å². The van der Waals surface area contributed by atoms with Crippen LogP contribution in [-0.4, -0.2) is 24.7 Å². The average Bonchev–Trinajstić information content (AvgIpc) is 2.39. The molecule has 2 rings (SSSR count). The van der Waals surface area contributed by atoms with Crippen molar-refractivity contribution in [1.82, 2.24) is 0 Å². The molecule has 0 atom stereocenters. The minimum atomic E-state index is -0.833. The maximum Gasteiger partial charge on any atom is 0.300 e. The third-order valence-corrected chi connectivity index (χ3v) is 2.61. The smallest absolute Gasteiger partial charge is 0.300 e. The van der Waals surface area contributed by atoms with Crippen LogP contribution in [0.5, 0.6) is 5.75 Å². The first-order valence-electron chi connectivity index (χ1n) is 6.04. The van der Waals surface area contributed by atoms with Crippen molar-refractivity contribution < 1.29 is 14.6 Å². The maximum atomic E-state index is 9.00. The number of ether oxygens (including phenoxy) is 1. The monoisotopic (exact) mass is 261 g/mol. The molecule has 0 radical (unpaired) electrons. The quantitative estimate of drug-likeness (QED) is 0.890. The predicted octanol–water partition coefficient (Wildman–Crippen LogP) is 2.44. The van der Waals surface area contributed by atoms with Gasteiger partial charge in [0.15, 0.2) is 0 Å². The van der Waals surface area contributed by atoms with E-state index in [1.807, 2.05) is 18.2 Å². The molecular formula is C15H19NO3. The number of fused-ring (bicyclic) bond motifs is 1. The highest BCUT2D eigenvalue weighted by Gasteiger charge is 2.06. The fraction of sp³-hybridized carbons (Fsp3) is 0.267. The fourth-order valence-electron chi connectivity index (χ4n) is 1.91. The van der Waals surface area contributed by atoms with E-state index in [1.165, 1.54) is 16.3 Å². The standard InChI is InChI=1S/C13H15NO.C2H4O2/c1-15-13-7-6-10-4-2-3-5-11(10)12(13)8-9-14;1-2(3)4/h2-7H,8-9,14H2,1H3;1H3,(H,3,4). The summed E-state index contributed by atoms with van der Waals surface area (Å²) >= 11 is 0. The first kappa shape index (κ1) is 15.0. The Bertz CT molecular complexity index is 548. The molecule has 0 aromatic heterocycles. The second-order valence-corrected chi connectivity index (χ2v) is 4.03. The van der Waals surface area contributed by atoms with Crippen molar-refractivity contribution in [2.45, 2.75) is 13.3 Å². The largest absolute Gasteiger partial charge is 0.496 e. The zero-order valence-electron chi connectivity index (χ0n) is 11.2. The topological polar surface area (TPSA) is 72.5 Å². The van der Waals surface area contributed by atoms with Gasteiger partial charge in [-0.2, -0.15) is 0 Å². The highest BCUT2D eigenvalue weighted by molar-refractivity contribution is 5.87. The van der Waals surface area contributed by atoms with Crippen molar-refractivity contribution in [2.24, 2.45) is 5.73 Å². The average molecular weight is 261 g/mol. The zero-order valence-corrected chi connectivity index (χ0v) is 11.2. The van der Waals surface area contributed by atoms with Gasteiger partial charge < -0.3 is 15.6 Å². The molecule has 0 aliphatic rings. The van der Waals surface area contributed by atoms with Gasteiger partial charge in [0.2, 0.25) is 0 Å². The summed E-state index contributed by atoms with van der Waals surface area (Å²) in [6, 6.07) is 12.4. The Morgan fingerprint density at radius 3 is 2.47 bits per heavy atom. The molecule has 0 bridgehead atoms. The van der Waals surface area contributed by atoms with E-state index in [0.29, 0.717) is 6.54 Å². The number of carboxylic acid groups (broad SMARTS) is 1. The molecule has 19 heavy (non-hydrogen) atoms. The summed E-state index contributed by atoms with van der Waals surface area (Å²) in [4.78, 5) is 9.00. The molecule has 4 nitrogen and oxygen atoms in total. The Hall–Kier alpha value is -2.07. The summed E-state index contributed by atoms with van der Waals surface area (Å²) in [5.74, 6) is 0.0964. The van der Waals surface area contributed by atoms with Crippen LogP contribution in [0.1, 0.15) is 12.5 Å². The lowest BCUT2D eigenvalue weighted by atomic mass is 10.0. The first-order chi connectivity index (χ1) is 9.10. The van der Waals surface area contributed by atoms with Gasteiger partial charge in [0.25, 0.3) is 5.97 Å². The summed E-state index contributed by atoms with van der Waals surface area (Å²) in [5.41, 5.74) is 6.83. The normalized spacial score (nSPS) is 9.63. The summed E-state index contributed by atoms with van der Waals surface area (Å²) in [6.45, 7) is 1.73. The summed E-state index contributed by atoms with van der Waals surface area (Å²) in [6.07, 6.45) is 0.852. The number of benzene rings is 2. The Kier molecular flexibility index (Phi) is 5.82. The van der Waals surface area contributed by atoms with Gasteiger partial charge in [0.1, 0.15) is 5.75 Å². The minimum absolute atomic E-state index is 0.643. The van der Waals surface area contributed by atoms with Crippen LogP contribution in [0, 0.1) is 0 Å². The molecule has 0 aliphatic carbocycles. The number of hydrogen-bond donors (Lipinski definition) is 2. The molecule has 4 heteroatoms. The van der Waals surface area contributed by atoms with Crippen molar-refractivity contribution >= 4 is 16.7 Å². The van der Waals surface area contributed by atoms with E-state index in [9.17, 15) is 0 Å². The number of carbonyl (C=O) groups is 1. The van der Waals surface area contributed by atoms with Crippen molar-refractivity contribution in [3.05, 3.63) is 42.0 Å². The lowest BCUT2D eigenvalue weighted by Gasteiger charge is -2.10. The molecule has 0 aliphatic heterocycles. The molecule has 0 heterocycles. The zero-order chi connectivity index (χ0) is 14.3. The summed E-state index contributed by atoms with van der Waals surface area (Å²) in [7, 11) is 1.70. The molecule has 2 aromatic carbocycles. The van der Waals surface area contributed by atoms with Crippen LogP contribution >= 0.6 is 0 Å². The second-order valence-electron chi connectivity index (χ2n) is 4.03. The van der Waals surface area contributed by atoms with E-state index in [2.05, 4.69) is 18.2 Å². The number of rotatable bonds is 3. The lowest BCUT2D eigenvalue weighted by Crippen LogP contribution is -2.04. The van der Waals surface area contributed by atoms with Gasteiger partial charge in [-0.05, 0) is 29.8 Å². The molecule has 2 aromatic rings. The highest BCUT2D eigenvalue weighted by atomic mass is 16.5. The van der Waals surface area contributed by atoms with Gasteiger partial charge in [-0.25, -0.2) is 0 Å². The van der Waals surface area contributed by atoms with Crippen LogP contribution in [0.3, 0.4) is 0 Å². The van der Waals surface area contributed by atoms with Crippen LogP contribution in [0.15, 0.2) is 36.4 Å². The maximum absolute atomic E-state index is 9.00. The van der Waals surface area contributed by atoms with Gasteiger partial charge in [-0.1, -0.05) is 30.3 Å². The summed E-state index contributed by atoms with van der Waals surface area (Å²) in [5, 5.41) is 9.89. The van der Waals surface area contributed by atoms with Crippen LogP contribution in [-0.2, 0) is 11.2 Å². The Labute approximate surface area is 112 Å². The summed E-state index contributed by atoms with van der Waals surface area (Å²) < 4.78 is 5.35. The van der Waals surface area contributed by atoms with E-state index >= 15 is 0 Å². The second kappa shape index (κ2) is 7.38. The SMILES string of the molecule is CC(=O)O.COc1ccc2ccccc2c1CCN.